The van der Waals surface area contributed by atoms with E-state index >= 15 is 0 Å². The molecular weight excluding hydrogens is 562 g/mol. The summed E-state index contributed by atoms with van der Waals surface area (Å²) < 4.78 is 48.8. The lowest BCUT2D eigenvalue weighted by molar-refractivity contribution is -0.117. The first kappa shape index (κ1) is 29.0. The lowest BCUT2D eigenvalue weighted by Gasteiger charge is -2.26. The van der Waals surface area contributed by atoms with Crippen LogP contribution in [0.2, 0.25) is 0 Å². The van der Waals surface area contributed by atoms with Gasteiger partial charge in [-0.15, -0.1) is 0 Å². The third kappa shape index (κ3) is 7.22. The zero-order chi connectivity index (χ0) is 29.4. The van der Waals surface area contributed by atoms with Crippen LogP contribution in [0.4, 0.5) is 11.4 Å². The fourth-order valence-electron chi connectivity index (χ4n) is 4.84. The molecular formula is C30H33N3O6S2. The number of rotatable bonds is 8. The molecule has 1 heterocycles. The quantitative estimate of drug-likeness (QED) is 0.404. The highest BCUT2D eigenvalue weighted by Gasteiger charge is 2.29. The predicted octanol–water partition coefficient (Wildman–Crippen LogP) is 3.90. The van der Waals surface area contributed by atoms with E-state index in [1.54, 1.807) is 18.2 Å². The van der Waals surface area contributed by atoms with Crippen molar-refractivity contribution in [1.82, 2.24) is 4.90 Å². The largest absolute Gasteiger partial charge is 0.326 e. The summed E-state index contributed by atoms with van der Waals surface area (Å²) >= 11 is 0. The maximum Gasteiger partial charge on any atom is 0.256 e. The van der Waals surface area contributed by atoms with Crippen LogP contribution in [0.5, 0.6) is 0 Å². The highest BCUT2D eigenvalue weighted by atomic mass is 32.2. The van der Waals surface area contributed by atoms with E-state index in [1.165, 1.54) is 12.1 Å². The van der Waals surface area contributed by atoms with E-state index in [0.717, 1.165) is 35.8 Å². The van der Waals surface area contributed by atoms with Gasteiger partial charge in [-0.1, -0.05) is 24.3 Å². The van der Waals surface area contributed by atoms with Crippen LogP contribution in [-0.4, -0.2) is 64.4 Å². The molecule has 3 aromatic carbocycles. The summed E-state index contributed by atoms with van der Waals surface area (Å²) in [6.45, 7) is 3.49. The minimum Gasteiger partial charge on any atom is -0.326 e. The van der Waals surface area contributed by atoms with Gasteiger partial charge < -0.3 is 10.6 Å². The van der Waals surface area contributed by atoms with Gasteiger partial charge in [0.1, 0.15) is 0 Å². The van der Waals surface area contributed by atoms with Gasteiger partial charge in [0.25, 0.3) is 5.91 Å². The van der Waals surface area contributed by atoms with Crippen molar-refractivity contribution in [3.63, 3.8) is 0 Å². The standard InChI is InChI=1S/C30H33N3O6S2/c1-20-3-9-25(32-29(34)22-6-7-22)18-27(20)23-8-12-26(28(17-23)40(2,36)37)30(35)31-24-10-4-21(5-11-24)19-33-13-15-41(38,39)16-14-33/h3-5,8-12,17-18,22H,6-7,13-16,19H2,1-2H3,(H,31,35)(H,32,34). The Morgan fingerprint density at radius 3 is 2.20 bits per heavy atom. The Kier molecular flexibility index (Phi) is 8.04. The highest BCUT2D eigenvalue weighted by molar-refractivity contribution is 7.91. The molecule has 0 unspecified atom stereocenters. The van der Waals surface area contributed by atoms with E-state index in [2.05, 4.69) is 15.5 Å². The van der Waals surface area contributed by atoms with E-state index in [-0.39, 0.29) is 33.8 Å². The third-order valence-corrected chi connectivity index (χ3v) is 10.2. The van der Waals surface area contributed by atoms with Crippen LogP contribution in [-0.2, 0) is 31.0 Å². The number of hydrogen-bond donors (Lipinski definition) is 2. The van der Waals surface area contributed by atoms with Crippen molar-refractivity contribution in [1.29, 1.82) is 0 Å². The van der Waals surface area contributed by atoms with Crippen molar-refractivity contribution in [2.75, 3.05) is 41.5 Å². The van der Waals surface area contributed by atoms with Crippen molar-refractivity contribution < 1.29 is 26.4 Å². The van der Waals surface area contributed by atoms with Crippen LogP contribution >= 0.6 is 0 Å². The average Bonchev–Trinajstić information content (AvgIpc) is 3.77. The number of nitrogens with zero attached hydrogens (tertiary/aromatic N) is 1. The number of amides is 2. The van der Waals surface area contributed by atoms with Crippen molar-refractivity contribution >= 4 is 42.9 Å². The molecule has 11 heteroatoms. The Morgan fingerprint density at radius 2 is 1.56 bits per heavy atom. The first-order valence-electron chi connectivity index (χ1n) is 13.5. The smallest absolute Gasteiger partial charge is 0.256 e. The molecule has 2 fully saturated rings. The predicted molar refractivity (Wildman–Crippen MR) is 159 cm³/mol. The number of sulfone groups is 2. The molecule has 1 saturated heterocycles. The average molecular weight is 596 g/mol. The Balaban J connectivity index is 1.33. The van der Waals surface area contributed by atoms with E-state index in [9.17, 15) is 26.4 Å². The third-order valence-electron chi connectivity index (χ3n) is 7.44. The highest BCUT2D eigenvalue weighted by Crippen LogP contribution is 2.33. The van der Waals surface area contributed by atoms with E-state index in [0.29, 0.717) is 36.6 Å². The second-order valence-electron chi connectivity index (χ2n) is 10.9. The van der Waals surface area contributed by atoms with Crippen LogP contribution in [0, 0.1) is 12.8 Å². The Morgan fingerprint density at radius 1 is 0.902 bits per heavy atom. The summed E-state index contributed by atoms with van der Waals surface area (Å²) in [4.78, 5) is 27.4. The summed E-state index contributed by atoms with van der Waals surface area (Å²) in [5.41, 5.74) is 4.45. The second-order valence-corrected chi connectivity index (χ2v) is 15.1. The number of hydrogen-bond acceptors (Lipinski definition) is 7. The molecule has 2 aliphatic rings. The second kappa shape index (κ2) is 11.4. The SMILES string of the molecule is Cc1ccc(NC(=O)C2CC2)cc1-c1ccc(C(=O)Nc2ccc(CN3CCS(=O)(=O)CC3)cc2)c(S(C)(=O)=O)c1. The van der Waals surface area contributed by atoms with Gasteiger partial charge in [0, 0.05) is 43.2 Å². The molecule has 0 spiro atoms. The van der Waals surface area contributed by atoms with Gasteiger partial charge in [0.2, 0.25) is 5.91 Å². The minimum absolute atomic E-state index is 0.0152. The van der Waals surface area contributed by atoms with E-state index in [1.807, 2.05) is 37.3 Å². The molecule has 0 aromatic heterocycles. The number of aryl methyl sites for hydroxylation is 1. The maximum absolute atomic E-state index is 13.2. The fourth-order valence-corrected chi connectivity index (χ4v) is 7.02. The maximum atomic E-state index is 13.2. The van der Waals surface area contributed by atoms with Crippen LogP contribution in [0.3, 0.4) is 0 Å². The summed E-state index contributed by atoms with van der Waals surface area (Å²) in [5, 5.41) is 5.71. The van der Waals surface area contributed by atoms with Gasteiger partial charge in [-0.05, 0) is 78.4 Å². The summed E-state index contributed by atoms with van der Waals surface area (Å²) in [5.74, 6) is -0.192. The van der Waals surface area contributed by atoms with E-state index in [4.69, 9.17) is 0 Å². The van der Waals surface area contributed by atoms with Gasteiger partial charge >= 0.3 is 0 Å². The van der Waals surface area contributed by atoms with Gasteiger partial charge in [-0.3, -0.25) is 14.5 Å². The zero-order valence-electron chi connectivity index (χ0n) is 23.0. The first-order chi connectivity index (χ1) is 19.4. The molecule has 5 rings (SSSR count). The van der Waals surface area contributed by atoms with Crippen LogP contribution < -0.4 is 10.6 Å². The number of carbonyl (C=O) groups excluding carboxylic acids is 2. The number of carbonyl (C=O) groups is 2. The molecule has 0 radical (unpaired) electrons. The van der Waals surface area contributed by atoms with Gasteiger partial charge in [-0.25, -0.2) is 16.8 Å². The molecule has 216 valence electrons. The van der Waals surface area contributed by atoms with Crippen molar-refractivity contribution in [2.24, 2.45) is 5.92 Å². The summed E-state index contributed by atoms with van der Waals surface area (Å²) in [7, 11) is -6.70. The molecule has 1 aliphatic heterocycles. The van der Waals surface area contributed by atoms with Crippen molar-refractivity contribution in [2.45, 2.75) is 31.2 Å². The molecule has 0 bridgehead atoms. The fraction of sp³-hybridized carbons (Fsp3) is 0.333. The Labute approximate surface area is 240 Å². The van der Waals surface area contributed by atoms with Gasteiger partial charge in [0.15, 0.2) is 19.7 Å². The molecule has 1 saturated carbocycles. The Bertz CT molecular complexity index is 1700. The van der Waals surface area contributed by atoms with Gasteiger partial charge in [0.05, 0.1) is 22.0 Å². The topological polar surface area (TPSA) is 130 Å². The first-order valence-corrected chi connectivity index (χ1v) is 17.2. The minimum atomic E-state index is -3.76. The molecule has 2 amide bonds. The Hall–Kier alpha value is -3.54. The molecule has 9 nitrogen and oxygen atoms in total. The number of anilines is 2. The zero-order valence-corrected chi connectivity index (χ0v) is 24.6. The molecule has 0 atom stereocenters. The summed E-state index contributed by atoms with van der Waals surface area (Å²) in [6.07, 6.45) is 2.86. The van der Waals surface area contributed by atoms with Crippen LogP contribution in [0.15, 0.2) is 65.6 Å². The lowest BCUT2D eigenvalue weighted by Crippen LogP contribution is -2.39. The van der Waals surface area contributed by atoms with Crippen molar-refractivity contribution in [3.05, 3.63) is 77.4 Å². The normalized spacial score (nSPS) is 17.1. The molecule has 2 N–H and O–H groups in total. The van der Waals surface area contributed by atoms with Gasteiger partial charge in [-0.2, -0.15) is 0 Å². The number of benzene rings is 3. The lowest BCUT2D eigenvalue weighted by atomic mass is 9.98. The number of nitrogens with one attached hydrogen (secondary N) is 2. The van der Waals surface area contributed by atoms with E-state index < -0.39 is 25.6 Å². The molecule has 3 aromatic rings. The monoisotopic (exact) mass is 595 g/mol. The molecule has 41 heavy (non-hydrogen) atoms. The van der Waals surface area contributed by atoms with Crippen molar-refractivity contribution in [3.8, 4) is 11.1 Å². The van der Waals surface area contributed by atoms with Crippen LogP contribution in [0.25, 0.3) is 11.1 Å². The van der Waals surface area contributed by atoms with Crippen LogP contribution in [0.1, 0.15) is 34.3 Å². The summed E-state index contributed by atoms with van der Waals surface area (Å²) in [6, 6.07) is 17.4. The molecule has 1 aliphatic carbocycles.